The molecular formula is C19H31IN6OS. The Morgan fingerprint density at radius 1 is 1.36 bits per heavy atom. The molecule has 0 atom stereocenters. The van der Waals surface area contributed by atoms with Gasteiger partial charge in [0.25, 0.3) is 5.91 Å². The van der Waals surface area contributed by atoms with Crippen LogP contribution in [-0.4, -0.2) is 53.7 Å². The third-order valence-electron chi connectivity index (χ3n) is 4.13. The summed E-state index contributed by atoms with van der Waals surface area (Å²) in [5, 5.41) is 12.8. The SMILES string of the molecule is CN=C(NCCCNC(=O)c1cccs1)N(C)Cc1cn(C)nc1C(C)C.I. The van der Waals surface area contributed by atoms with E-state index in [1.165, 1.54) is 16.9 Å². The molecule has 0 spiro atoms. The van der Waals surface area contributed by atoms with Crippen molar-refractivity contribution in [3.8, 4) is 0 Å². The Bertz CT molecular complexity index is 757. The van der Waals surface area contributed by atoms with Crippen LogP contribution in [0.3, 0.4) is 0 Å². The molecule has 2 N–H and O–H groups in total. The number of hydrogen-bond donors (Lipinski definition) is 2. The summed E-state index contributed by atoms with van der Waals surface area (Å²) in [6.07, 6.45) is 2.90. The normalized spacial score (nSPS) is 11.3. The van der Waals surface area contributed by atoms with Crippen molar-refractivity contribution >= 4 is 47.2 Å². The second-order valence-corrected chi connectivity index (χ2v) is 7.73. The smallest absolute Gasteiger partial charge is 0.261 e. The zero-order valence-corrected chi connectivity index (χ0v) is 20.4. The molecule has 0 unspecified atom stereocenters. The van der Waals surface area contributed by atoms with Crippen LogP contribution < -0.4 is 10.6 Å². The highest BCUT2D eigenvalue weighted by Crippen LogP contribution is 2.18. The van der Waals surface area contributed by atoms with Crippen molar-refractivity contribution in [2.45, 2.75) is 32.7 Å². The molecule has 0 aromatic carbocycles. The number of aliphatic imine (C=N–C) groups is 1. The average Bonchev–Trinajstić information content (AvgIpc) is 3.27. The summed E-state index contributed by atoms with van der Waals surface area (Å²) < 4.78 is 1.87. The van der Waals surface area contributed by atoms with E-state index < -0.39 is 0 Å². The summed E-state index contributed by atoms with van der Waals surface area (Å²) in [7, 11) is 5.75. The molecule has 2 rings (SSSR count). The van der Waals surface area contributed by atoms with Crippen LogP contribution in [0.4, 0.5) is 0 Å². The lowest BCUT2D eigenvalue weighted by Gasteiger charge is -2.22. The monoisotopic (exact) mass is 518 g/mol. The van der Waals surface area contributed by atoms with Gasteiger partial charge in [0.15, 0.2) is 5.96 Å². The van der Waals surface area contributed by atoms with Crippen molar-refractivity contribution in [2.24, 2.45) is 12.0 Å². The number of amides is 1. The summed E-state index contributed by atoms with van der Waals surface area (Å²) in [5.74, 6) is 1.21. The minimum atomic E-state index is -0.00991. The van der Waals surface area contributed by atoms with Crippen LogP contribution >= 0.6 is 35.3 Å². The summed E-state index contributed by atoms with van der Waals surface area (Å²) in [6, 6.07) is 3.72. The van der Waals surface area contributed by atoms with Gasteiger partial charge in [0, 0.05) is 52.5 Å². The Morgan fingerprint density at radius 3 is 2.68 bits per heavy atom. The molecule has 0 radical (unpaired) electrons. The van der Waals surface area contributed by atoms with Crippen LogP contribution in [0.1, 0.15) is 47.1 Å². The van der Waals surface area contributed by atoms with Crippen LogP contribution in [0.15, 0.2) is 28.7 Å². The van der Waals surface area contributed by atoms with Crippen molar-refractivity contribution in [1.29, 1.82) is 0 Å². The van der Waals surface area contributed by atoms with Gasteiger partial charge < -0.3 is 15.5 Å². The van der Waals surface area contributed by atoms with E-state index in [9.17, 15) is 4.79 Å². The Morgan fingerprint density at radius 2 is 2.07 bits per heavy atom. The molecule has 9 heteroatoms. The van der Waals surface area contributed by atoms with Gasteiger partial charge >= 0.3 is 0 Å². The minimum absolute atomic E-state index is 0. The summed E-state index contributed by atoms with van der Waals surface area (Å²) in [5.41, 5.74) is 2.33. The number of aryl methyl sites for hydroxylation is 1. The first-order valence-electron chi connectivity index (χ1n) is 9.18. The number of halogens is 1. The lowest BCUT2D eigenvalue weighted by atomic mass is 10.1. The van der Waals surface area contributed by atoms with Crippen LogP contribution in [0.2, 0.25) is 0 Å². The molecule has 7 nitrogen and oxygen atoms in total. The first kappa shape index (κ1) is 24.4. The lowest BCUT2D eigenvalue weighted by Crippen LogP contribution is -2.39. The van der Waals surface area contributed by atoms with Gasteiger partial charge in [-0.3, -0.25) is 14.5 Å². The van der Waals surface area contributed by atoms with E-state index in [0.717, 1.165) is 36.0 Å². The lowest BCUT2D eigenvalue weighted by molar-refractivity contribution is 0.0957. The van der Waals surface area contributed by atoms with Crippen LogP contribution in [0.5, 0.6) is 0 Å². The van der Waals surface area contributed by atoms with Gasteiger partial charge in [-0.1, -0.05) is 19.9 Å². The molecule has 2 aromatic rings. The molecule has 0 bridgehead atoms. The van der Waals surface area contributed by atoms with Crippen LogP contribution in [0.25, 0.3) is 0 Å². The highest BCUT2D eigenvalue weighted by atomic mass is 127. The van der Waals surface area contributed by atoms with Crippen molar-refractivity contribution in [3.63, 3.8) is 0 Å². The van der Waals surface area contributed by atoms with Gasteiger partial charge in [-0.2, -0.15) is 5.10 Å². The topological polar surface area (TPSA) is 74.6 Å². The second-order valence-electron chi connectivity index (χ2n) is 6.78. The number of carbonyl (C=O) groups excluding carboxylic acids is 1. The summed E-state index contributed by atoms with van der Waals surface area (Å²) >= 11 is 1.45. The molecule has 0 saturated heterocycles. The Labute approximate surface area is 188 Å². The van der Waals surface area contributed by atoms with Crippen molar-refractivity contribution in [2.75, 3.05) is 27.2 Å². The van der Waals surface area contributed by atoms with E-state index in [4.69, 9.17) is 0 Å². The molecule has 2 heterocycles. The molecule has 0 aliphatic heterocycles. The summed E-state index contributed by atoms with van der Waals surface area (Å²) in [4.78, 5) is 19.1. The highest BCUT2D eigenvalue weighted by molar-refractivity contribution is 14.0. The number of carbonyl (C=O) groups is 1. The average molecular weight is 518 g/mol. The first-order valence-corrected chi connectivity index (χ1v) is 10.1. The molecule has 28 heavy (non-hydrogen) atoms. The number of rotatable bonds is 8. The summed E-state index contributed by atoms with van der Waals surface area (Å²) in [6.45, 7) is 6.43. The zero-order valence-electron chi connectivity index (χ0n) is 17.2. The zero-order chi connectivity index (χ0) is 19.8. The molecule has 1 amide bonds. The van der Waals surface area contributed by atoms with Crippen molar-refractivity contribution < 1.29 is 4.79 Å². The van der Waals surface area contributed by atoms with Gasteiger partial charge in [-0.15, -0.1) is 35.3 Å². The first-order chi connectivity index (χ1) is 12.9. The minimum Gasteiger partial charge on any atom is -0.356 e. The number of guanidine groups is 1. The number of nitrogens with zero attached hydrogens (tertiary/aromatic N) is 4. The Hall–Kier alpha value is -1.62. The molecule has 156 valence electrons. The van der Waals surface area contributed by atoms with Gasteiger partial charge in [0.2, 0.25) is 0 Å². The Balaban J connectivity index is 0.00000392. The fraction of sp³-hybridized carbons (Fsp3) is 0.526. The van der Waals surface area contributed by atoms with Crippen molar-refractivity contribution in [1.82, 2.24) is 25.3 Å². The van der Waals surface area contributed by atoms with E-state index in [1.54, 1.807) is 7.05 Å². The van der Waals surface area contributed by atoms with Gasteiger partial charge in [-0.25, -0.2) is 0 Å². The maximum Gasteiger partial charge on any atom is 0.261 e. The number of nitrogens with one attached hydrogen (secondary N) is 2. The maximum absolute atomic E-state index is 11.9. The van der Waals surface area contributed by atoms with Gasteiger partial charge in [0.05, 0.1) is 10.6 Å². The third kappa shape index (κ3) is 7.08. The van der Waals surface area contributed by atoms with Crippen molar-refractivity contribution in [3.05, 3.63) is 39.8 Å². The van der Waals surface area contributed by atoms with Gasteiger partial charge in [-0.05, 0) is 23.8 Å². The van der Waals surface area contributed by atoms with E-state index in [-0.39, 0.29) is 29.9 Å². The van der Waals surface area contributed by atoms with E-state index in [0.29, 0.717) is 12.5 Å². The quantitative estimate of drug-likeness (QED) is 0.244. The van der Waals surface area contributed by atoms with E-state index >= 15 is 0 Å². The third-order valence-corrected chi connectivity index (χ3v) is 5.00. The molecular weight excluding hydrogens is 487 g/mol. The molecule has 0 fully saturated rings. The van der Waals surface area contributed by atoms with Crippen LogP contribution in [-0.2, 0) is 13.6 Å². The largest absolute Gasteiger partial charge is 0.356 e. The Kier molecular flexibility index (Phi) is 10.5. The molecule has 2 aromatic heterocycles. The van der Waals surface area contributed by atoms with Gasteiger partial charge in [0.1, 0.15) is 0 Å². The fourth-order valence-electron chi connectivity index (χ4n) is 2.86. The molecule has 0 aliphatic rings. The standard InChI is InChI=1S/C19H30N6OS.HI/c1-14(2)17-15(13-25(5)23-17)12-24(4)19(20-3)22-10-7-9-21-18(26)16-8-6-11-27-16;/h6,8,11,13-14H,7,9-10,12H2,1-5H3,(H,20,22)(H,21,26);1H. The maximum atomic E-state index is 11.9. The predicted octanol–water partition coefficient (Wildman–Crippen LogP) is 3.05. The number of hydrogen-bond acceptors (Lipinski definition) is 4. The van der Waals surface area contributed by atoms with E-state index in [1.807, 2.05) is 36.3 Å². The van der Waals surface area contributed by atoms with Crippen LogP contribution in [0, 0.1) is 0 Å². The second kappa shape index (κ2) is 12.1. The predicted molar refractivity (Wildman–Crippen MR) is 127 cm³/mol. The fourth-order valence-corrected chi connectivity index (χ4v) is 3.50. The molecule has 0 saturated carbocycles. The van der Waals surface area contributed by atoms with E-state index in [2.05, 4.69) is 45.7 Å². The molecule has 0 aliphatic carbocycles. The number of aromatic nitrogens is 2. The highest BCUT2D eigenvalue weighted by Gasteiger charge is 2.15. The number of thiophene rings is 1.